The van der Waals surface area contributed by atoms with E-state index in [-0.39, 0.29) is 37.5 Å². The van der Waals surface area contributed by atoms with Crippen LogP contribution in [-0.2, 0) is 4.79 Å². The van der Waals surface area contributed by atoms with E-state index in [4.69, 9.17) is 9.15 Å². The number of carbonyl (C=O) groups is 2. The van der Waals surface area contributed by atoms with E-state index in [1.54, 1.807) is 36.1 Å². The highest BCUT2D eigenvalue weighted by Crippen LogP contribution is 2.30. The smallest absolute Gasteiger partial charge is 0.348 e. The summed E-state index contributed by atoms with van der Waals surface area (Å²) in [5, 5.41) is 9.65. The average molecular weight is 330 g/mol. The number of aromatic nitrogens is 1. The van der Waals surface area contributed by atoms with Gasteiger partial charge in [-0.05, 0) is 19.1 Å². The second kappa shape index (κ2) is 6.35. The van der Waals surface area contributed by atoms with Crippen molar-refractivity contribution in [3.8, 4) is 5.75 Å². The Morgan fingerprint density at radius 1 is 1.25 bits per heavy atom. The van der Waals surface area contributed by atoms with Crippen molar-refractivity contribution in [2.24, 2.45) is 0 Å². The van der Waals surface area contributed by atoms with Gasteiger partial charge in [-0.1, -0.05) is 18.2 Å². The van der Waals surface area contributed by atoms with Crippen LogP contribution < -0.4 is 4.74 Å². The third-order valence-electron chi connectivity index (χ3n) is 4.25. The first-order valence-electron chi connectivity index (χ1n) is 7.69. The van der Waals surface area contributed by atoms with Crippen LogP contribution in [-0.4, -0.2) is 45.6 Å². The normalized spacial score (nSPS) is 16.6. The molecule has 0 bridgehead atoms. The first-order chi connectivity index (χ1) is 11.5. The molecule has 1 fully saturated rings. The molecular formula is C17H18N2O5. The van der Waals surface area contributed by atoms with Gasteiger partial charge in [0.05, 0.1) is 0 Å². The largest absolute Gasteiger partial charge is 0.478 e. The van der Waals surface area contributed by atoms with Crippen LogP contribution in [0.1, 0.15) is 29.1 Å². The molecule has 126 valence electrons. The molecule has 2 heterocycles. The zero-order chi connectivity index (χ0) is 17.2. The van der Waals surface area contributed by atoms with Crippen LogP contribution in [0.2, 0.25) is 0 Å². The lowest BCUT2D eigenvalue weighted by atomic mass is 9.90. The van der Waals surface area contributed by atoms with Gasteiger partial charge in [0.25, 0.3) is 5.91 Å². The molecule has 0 saturated carbocycles. The van der Waals surface area contributed by atoms with Gasteiger partial charge in [0.2, 0.25) is 5.60 Å². The number of ether oxygens (including phenoxy) is 1. The van der Waals surface area contributed by atoms with Crippen LogP contribution in [0.4, 0.5) is 0 Å². The topological polar surface area (TPSA) is 92.9 Å². The summed E-state index contributed by atoms with van der Waals surface area (Å²) in [5.41, 5.74) is -1.06. The second-order valence-electron chi connectivity index (χ2n) is 5.76. The van der Waals surface area contributed by atoms with E-state index in [0.717, 1.165) is 0 Å². The highest BCUT2D eigenvalue weighted by molar-refractivity contribution is 5.93. The van der Waals surface area contributed by atoms with Crippen molar-refractivity contribution < 1.29 is 23.8 Å². The van der Waals surface area contributed by atoms with E-state index in [9.17, 15) is 14.7 Å². The number of carboxylic acids is 1. The van der Waals surface area contributed by atoms with Gasteiger partial charge in [-0.2, -0.15) is 0 Å². The number of hydrogen-bond donors (Lipinski definition) is 1. The van der Waals surface area contributed by atoms with Crippen molar-refractivity contribution in [1.82, 2.24) is 9.88 Å². The molecule has 1 aromatic carbocycles. The van der Waals surface area contributed by atoms with E-state index in [2.05, 4.69) is 4.98 Å². The number of rotatable bonds is 4. The number of aliphatic carboxylic acids is 1. The van der Waals surface area contributed by atoms with Crippen LogP contribution in [0, 0.1) is 6.92 Å². The van der Waals surface area contributed by atoms with Gasteiger partial charge in [0, 0.05) is 25.9 Å². The maximum absolute atomic E-state index is 12.4. The maximum Gasteiger partial charge on any atom is 0.348 e. The molecule has 1 saturated heterocycles. The minimum absolute atomic E-state index is 0.208. The number of nitrogens with zero attached hydrogens (tertiary/aromatic N) is 2. The van der Waals surface area contributed by atoms with Gasteiger partial charge in [-0.25, -0.2) is 9.78 Å². The summed E-state index contributed by atoms with van der Waals surface area (Å²) in [4.78, 5) is 29.7. The molecule has 0 aliphatic carbocycles. The van der Waals surface area contributed by atoms with Crippen molar-refractivity contribution >= 4 is 11.9 Å². The molecule has 1 aliphatic heterocycles. The molecule has 0 radical (unpaired) electrons. The number of hydrogen-bond acceptors (Lipinski definition) is 5. The number of carboxylic acid groups (broad SMARTS) is 1. The predicted octanol–water partition coefficient (Wildman–Crippen LogP) is 2.12. The third-order valence-corrected chi connectivity index (χ3v) is 4.25. The number of para-hydroxylation sites is 1. The Bertz CT molecular complexity index is 732. The minimum atomic E-state index is -1.32. The summed E-state index contributed by atoms with van der Waals surface area (Å²) in [7, 11) is 0. The second-order valence-corrected chi connectivity index (χ2v) is 5.76. The van der Waals surface area contributed by atoms with Gasteiger partial charge in [0.1, 0.15) is 11.5 Å². The van der Waals surface area contributed by atoms with E-state index >= 15 is 0 Å². The monoisotopic (exact) mass is 330 g/mol. The fourth-order valence-electron chi connectivity index (χ4n) is 2.81. The van der Waals surface area contributed by atoms with Crippen LogP contribution in [0.25, 0.3) is 0 Å². The lowest BCUT2D eigenvalue weighted by molar-refractivity contribution is -0.159. The molecule has 2 aromatic rings. The Morgan fingerprint density at radius 3 is 2.46 bits per heavy atom. The Balaban J connectivity index is 1.72. The van der Waals surface area contributed by atoms with E-state index in [1.807, 2.05) is 6.07 Å². The highest BCUT2D eigenvalue weighted by Gasteiger charge is 2.45. The van der Waals surface area contributed by atoms with Crippen molar-refractivity contribution in [2.75, 3.05) is 13.1 Å². The van der Waals surface area contributed by atoms with Gasteiger partial charge < -0.3 is 19.2 Å². The SMILES string of the molecule is Cc1ocnc1C(=O)N1CCC(Oc2ccccc2)(C(=O)O)CC1. The predicted molar refractivity (Wildman–Crippen MR) is 83.8 cm³/mol. The maximum atomic E-state index is 12.4. The fraction of sp³-hybridized carbons (Fsp3) is 0.353. The number of aryl methyl sites for hydroxylation is 1. The Kier molecular flexibility index (Phi) is 4.24. The molecule has 1 aliphatic rings. The molecule has 7 nitrogen and oxygen atoms in total. The number of likely N-dealkylation sites (tertiary alicyclic amines) is 1. The first kappa shape index (κ1) is 16.0. The van der Waals surface area contributed by atoms with E-state index in [0.29, 0.717) is 11.5 Å². The number of piperidine rings is 1. The molecule has 1 aromatic heterocycles. The lowest BCUT2D eigenvalue weighted by Crippen LogP contribution is -2.54. The molecular weight excluding hydrogens is 312 g/mol. The summed E-state index contributed by atoms with van der Waals surface area (Å²) in [6.45, 7) is 2.23. The highest BCUT2D eigenvalue weighted by atomic mass is 16.5. The Morgan fingerprint density at radius 2 is 1.92 bits per heavy atom. The van der Waals surface area contributed by atoms with Gasteiger partial charge in [-0.15, -0.1) is 0 Å². The quantitative estimate of drug-likeness (QED) is 0.923. The van der Waals surface area contributed by atoms with Crippen molar-refractivity contribution in [1.29, 1.82) is 0 Å². The Labute approximate surface area is 138 Å². The van der Waals surface area contributed by atoms with Crippen LogP contribution in [0.3, 0.4) is 0 Å². The molecule has 3 rings (SSSR count). The summed E-state index contributed by atoms with van der Waals surface area (Å²) in [6.07, 6.45) is 1.65. The number of oxazole rings is 1. The minimum Gasteiger partial charge on any atom is -0.478 e. The van der Waals surface area contributed by atoms with E-state index < -0.39 is 11.6 Å². The first-order valence-corrected chi connectivity index (χ1v) is 7.69. The molecule has 0 atom stereocenters. The van der Waals surface area contributed by atoms with Crippen molar-refractivity contribution in [3.63, 3.8) is 0 Å². The number of amides is 1. The molecule has 24 heavy (non-hydrogen) atoms. The van der Waals surface area contributed by atoms with Crippen LogP contribution in [0.15, 0.2) is 41.1 Å². The van der Waals surface area contributed by atoms with Crippen LogP contribution in [0.5, 0.6) is 5.75 Å². The lowest BCUT2D eigenvalue weighted by Gasteiger charge is -2.38. The van der Waals surface area contributed by atoms with Gasteiger partial charge in [-0.3, -0.25) is 4.79 Å². The zero-order valence-corrected chi connectivity index (χ0v) is 13.3. The van der Waals surface area contributed by atoms with Gasteiger partial charge in [0.15, 0.2) is 12.1 Å². The Hall–Kier alpha value is -2.83. The number of carbonyl (C=O) groups excluding carboxylic acids is 1. The van der Waals surface area contributed by atoms with E-state index in [1.165, 1.54) is 6.39 Å². The van der Waals surface area contributed by atoms with Gasteiger partial charge >= 0.3 is 5.97 Å². The summed E-state index contributed by atoms with van der Waals surface area (Å²) < 4.78 is 10.8. The summed E-state index contributed by atoms with van der Waals surface area (Å²) in [6, 6.07) is 8.86. The summed E-state index contributed by atoms with van der Waals surface area (Å²) >= 11 is 0. The molecule has 7 heteroatoms. The van der Waals surface area contributed by atoms with Crippen molar-refractivity contribution in [3.05, 3.63) is 48.2 Å². The standard InChI is InChI=1S/C17H18N2O5/c1-12-14(18-11-23-12)15(20)19-9-7-17(8-10-19,16(21)22)24-13-5-3-2-4-6-13/h2-6,11H,7-10H2,1H3,(H,21,22). The summed E-state index contributed by atoms with van der Waals surface area (Å²) in [5.74, 6) is -0.307. The zero-order valence-electron chi connectivity index (χ0n) is 13.3. The average Bonchev–Trinajstić information content (AvgIpc) is 3.02. The molecule has 0 unspecified atom stereocenters. The molecule has 1 amide bonds. The molecule has 0 spiro atoms. The molecule has 1 N–H and O–H groups in total. The number of benzene rings is 1. The van der Waals surface area contributed by atoms with Crippen molar-refractivity contribution in [2.45, 2.75) is 25.4 Å². The fourth-order valence-corrected chi connectivity index (χ4v) is 2.81. The van der Waals surface area contributed by atoms with Crippen LogP contribution >= 0.6 is 0 Å². The third kappa shape index (κ3) is 2.97.